The molecule has 25 heavy (non-hydrogen) atoms. The Morgan fingerprint density at radius 2 is 2.20 bits per heavy atom. The number of likely N-dealkylation sites (N-methyl/N-ethyl adjacent to an activating group) is 1. The van der Waals surface area contributed by atoms with Gasteiger partial charge in [0.15, 0.2) is 0 Å². The van der Waals surface area contributed by atoms with Crippen LogP contribution in [-0.4, -0.2) is 42.4 Å². The Morgan fingerprint density at radius 3 is 2.88 bits per heavy atom. The highest BCUT2D eigenvalue weighted by Gasteiger charge is 2.45. The minimum absolute atomic E-state index is 0.00906. The lowest BCUT2D eigenvalue weighted by Gasteiger charge is -2.30. The standard InChI is InChI=1S/C18H20FN3O2S/c1-20-17(24)18(21-15-4-2-3-14(19)10-15)6-7-22(12-18)16(23)9-13-5-8-25-11-13/h2-5,8,10-11,21H,6-7,9,12H2,1H3,(H,20,24). The van der Waals surface area contributed by atoms with E-state index in [1.807, 2.05) is 16.8 Å². The largest absolute Gasteiger partial charge is 0.370 e. The lowest BCUT2D eigenvalue weighted by atomic mass is 9.96. The molecule has 0 bridgehead atoms. The van der Waals surface area contributed by atoms with Crippen molar-refractivity contribution in [3.05, 3.63) is 52.5 Å². The minimum Gasteiger partial charge on any atom is -0.370 e. The van der Waals surface area contributed by atoms with E-state index in [2.05, 4.69) is 10.6 Å². The predicted octanol–water partition coefficient (Wildman–Crippen LogP) is 2.26. The molecule has 1 fully saturated rings. The molecule has 3 rings (SSSR count). The molecule has 2 N–H and O–H groups in total. The Labute approximate surface area is 149 Å². The van der Waals surface area contributed by atoms with Crippen LogP contribution in [0.25, 0.3) is 0 Å². The molecule has 1 aromatic heterocycles. The maximum Gasteiger partial charge on any atom is 0.247 e. The van der Waals surface area contributed by atoms with E-state index in [0.717, 1.165) is 5.56 Å². The van der Waals surface area contributed by atoms with Gasteiger partial charge in [0, 0.05) is 19.3 Å². The summed E-state index contributed by atoms with van der Waals surface area (Å²) < 4.78 is 13.5. The first-order valence-electron chi connectivity index (χ1n) is 8.07. The summed E-state index contributed by atoms with van der Waals surface area (Å²) >= 11 is 1.55. The zero-order chi connectivity index (χ0) is 17.9. The molecular weight excluding hydrogens is 341 g/mol. The number of hydrogen-bond donors (Lipinski definition) is 2. The monoisotopic (exact) mass is 361 g/mol. The highest BCUT2D eigenvalue weighted by molar-refractivity contribution is 7.08. The summed E-state index contributed by atoms with van der Waals surface area (Å²) in [5.41, 5.74) is 0.550. The highest BCUT2D eigenvalue weighted by atomic mass is 32.1. The van der Waals surface area contributed by atoms with Gasteiger partial charge in [-0.2, -0.15) is 11.3 Å². The summed E-state index contributed by atoms with van der Waals surface area (Å²) in [6.07, 6.45) is 0.797. The second-order valence-electron chi connectivity index (χ2n) is 6.17. The van der Waals surface area contributed by atoms with Gasteiger partial charge in [0.05, 0.1) is 13.0 Å². The third-order valence-electron chi connectivity index (χ3n) is 4.43. The van der Waals surface area contributed by atoms with Crippen LogP contribution in [0.15, 0.2) is 41.1 Å². The van der Waals surface area contributed by atoms with Crippen LogP contribution in [0.5, 0.6) is 0 Å². The molecular formula is C18H20FN3O2S. The molecule has 1 atom stereocenters. The fourth-order valence-corrected chi connectivity index (χ4v) is 3.80. The molecule has 2 aromatic rings. The fourth-order valence-electron chi connectivity index (χ4n) is 3.13. The summed E-state index contributed by atoms with van der Waals surface area (Å²) in [5, 5.41) is 9.69. The number of nitrogens with one attached hydrogen (secondary N) is 2. The Morgan fingerprint density at radius 1 is 1.36 bits per heavy atom. The number of nitrogens with zero attached hydrogens (tertiary/aromatic N) is 1. The third kappa shape index (κ3) is 3.82. The highest BCUT2D eigenvalue weighted by Crippen LogP contribution is 2.28. The second kappa shape index (κ2) is 7.23. The summed E-state index contributed by atoms with van der Waals surface area (Å²) in [7, 11) is 1.56. The van der Waals surface area contributed by atoms with Crippen molar-refractivity contribution < 1.29 is 14.0 Å². The molecule has 1 unspecified atom stereocenters. The SMILES string of the molecule is CNC(=O)C1(Nc2cccc(F)c2)CCN(C(=O)Cc2ccsc2)C1. The van der Waals surface area contributed by atoms with Gasteiger partial charge in [-0.15, -0.1) is 0 Å². The van der Waals surface area contributed by atoms with Gasteiger partial charge in [-0.1, -0.05) is 6.07 Å². The van der Waals surface area contributed by atoms with Crippen LogP contribution in [-0.2, 0) is 16.0 Å². The van der Waals surface area contributed by atoms with Crippen molar-refractivity contribution in [3.63, 3.8) is 0 Å². The Bertz CT molecular complexity index is 765. The number of rotatable bonds is 5. The molecule has 0 aliphatic carbocycles. The van der Waals surface area contributed by atoms with E-state index in [1.54, 1.807) is 35.4 Å². The van der Waals surface area contributed by atoms with Gasteiger partial charge in [-0.05, 0) is 47.0 Å². The molecule has 1 aliphatic heterocycles. The molecule has 132 valence electrons. The van der Waals surface area contributed by atoms with E-state index in [9.17, 15) is 14.0 Å². The number of likely N-dealkylation sites (tertiary alicyclic amines) is 1. The molecule has 5 nitrogen and oxygen atoms in total. The molecule has 7 heteroatoms. The van der Waals surface area contributed by atoms with Crippen LogP contribution in [0.4, 0.5) is 10.1 Å². The lowest BCUT2D eigenvalue weighted by molar-refractivity contribution is -0.130. The normalized spacial score (nSPS) is 19.7. The maximum atomic E-state index is 13.5. The van der Waals surface area contributed by atoms with Gasteiger partial charge >= 0.3 is 0 Å². The molecule has 2 heterocycles. The summed E-state index contributed by atoms with van der Waals surface area (Å²) in [4.78, 5) is 26.7. The van der Waals surface area contributed by atoms with E-state index in [0.29, 0.717) is 25.1 Å². The first kappa shape index (κ1) is 17.4. The number of hydrogen-bond acceptors (Lipinski definition) is 4. The molecule has 2 amide bonds. The van der Waals surface area contributed by atoms with Crippen LogP contribution >= 0.6 is 11.3 Å². The molecule has 1 aromatic carbocycles. The average Bonchev–Trinajstić information content (AvgIpc) is 3.25. The van der Waals surface area contributed by atoms with Crippen molar-refractivity contribution >= 4 is 28.8 Å². The van der Waals surface area contributed by atoms with E-state index in [1.165, 1.54) is 12.1 Å². The van der Waals surface area contributed by atoms with Gasteiger partial charge in [0.1, 0.15) is 11.4 Å². The van der Waals surface area contributed by atoms with E-state index in [-0.39, 0.29) is 24.2 Å². The van der Waals surface area contributed by atoms with Crippen LogP contribution in [0.2, 0.25) is 0 Å². The molecule has 1 aliphatic rings. The van der Waals surface area contributed by atoms with Gasteiger partial charge in [0.25, 0.3) is 0 Å². The first-order chi connectivity index (χ1) is 12.0. The van der Waals surface area contributed by atoms with Crippen LogP contribution in [0.1, 0.15) is 12.0 Å². The number of amides is 2. The molecule has 0 spiro atoms. The number of benzene rings is 1. The van der Waals surface area contributed by atoms with E-state index in [4.69, 9.17) is 0 Å². The minimum atomic E-state index is -0.952. The van der Waals surface area contributed by atoms with Crippen molar-refractivity contribution in [3.8, 4) is 0 Å². The van der Waals surface area contributed by atoms with E-state index >= 15 is 0 Å². The third-order valence-corrected chi connectivity index (χ3v) is 5.16. The molecule has 0 saturated carbocycles. The Hall–Kier alpha value is -2.41. The Kier molecular flexibility index (Phi) is 5.03. The van der Waals surface area contributed by atoms with Crippen molar-refractivity contribution in [2.45, 2.75) is 18.4 Å². The average molecular weight is 361 g/mol. The summed E-state index contributed by atoms with van der Waals surface area (Å²) in [6.45, 7) is 0.741. The van der Waals surface area contributed by atoms with Gasteiger partial charge in [-0.3, -0.25) is 9.59 Å². The van der Waals surface area contributed by atoms with Crippen molar-refractivity contribution in [1.29, 1.82) is 0 Å². The Balaban J connectivity index is 1.76. The fraction of sp³-hybridized carbons (Fsp3) is 0.333. The van der Waals surface area contributed by atoms with Crippen molar-refractivity contribution in [2.75, 3.05) is 25.5 Å². The van der Waals surface area contributed by atoms with Gasteiger partial charge in [0.2, 0.25) is 11.8 Å². The van der Waals surface area contributed by atoms with Gasteiger partial charge in [-0.25, -0.2) is 4.39 Å². The van der Waals surface area contributed by atoms with Crippen LogP contribution < -0.4 is 10.6 Å². The summed E-state index contributed by atoms with van der Waals surface area (Å²) in [5.74, 6) is -0.590. The topological polar surface area (TPSA) is 61.4 Å². The van der Waals surface area contributed by atoms with Crippen molar-refractivity contribution in [2.24, 2.45) is 0 Å². The number of carbonyl (C=O) groups is 2. The first-order valence-corrected chi connectivity index (χ1v) is 9.01. The zero-order valence-corrected chi connectivity index (χ0v) is 14.7. The van der Waals surface area contributed by atoms with Crippen LogP contribution in [0, 0.1) is 5.82 Å². The van der Waals surface area contributed by atoms with Crippen LogP contribution in [0.3, 0.4) is 0 Å². The summed E-state index contributed by atoms with van der Waals surface area (Å²) in [6, 6.07) is 7.92. The van der Waals surface area contributed by atoms with Gasteiger partial charge < -0.3 is 15.5 Å². The molecule has 0 radical (unpaired) electrons. The second-order valence-corrected chi connectivity index (χ2v) is 6.95. The maximum absolute atomic E-state index is 13.5. The molecule has 1 saturated heterocycles. The zero-order valence-electron chi connectivity index (χ0n) is 13.9. The quantitative estimate of drug-likeness (QED) is 0.859. The van der Waals surface area contributed by atoms with E-state index < -0.39 is 5.54 Å². The number of halogens is 1. The number of carbonyl (C=O) groups excluding carboxylic acids is 2. The lowest BCUT2D eigenvalue weighted by Crippen LogP contribution is -2.54. The predicted molar refractivity (Wildman–Crippen MR) is 96.0 cm³/mol. The number of thiophene rings is 1. The smallest absolute Gasteiger partial charge is 0.247 e. The number of anilines is 1. The van der Waals surface area contributed by atoms with Crippen molar-refractivity contribution in [1.82, 2.24) is 10.2 Å².